The molecule has 9 heteroatoms. The van der Waals surface area contributed by atoms with Crippen LogP contribution in [0.3, 0.4) is 0 Å². The minimum atomic E-state index is -4.67. The van der Waals surface area contributed by atoms with Crippen LogP contribution in [0.2, 0.25) is 0 Å². The Balaban J connectivity index is 2.30. The number of carboxylic acid groups (broad SMARTS) is 1. The molecule has 0 bridgehead atoms. The third-order valence-corrected chi connectivity index (χ3v) is 3.39. The van der Waals surface area contributed by atoms with Crippen molar-refractivity contribution < 1.29 is 27.5 Å². The van der Waals surface area contributed by atoms with E-state index < -0.39 is 29.1 Å². The SMILES string of the molecule is O=C(O)c1cn2cc(-c3coc(Br)c3)cc(C(F)(F)F)c2n1. The summed E-state index contributed by atoms with van der Waals surface area (Å²) in [6.45, 7) is 0. The second kappa shape index (κ2) is 4.87. The first-order valence-corrected chi connectivity index (χ1v) is 6.62. The van der Waals surface area contributed by atoms with E-state index in [0.717, 1.165) is 16.7 Å². The minimum Gasteiger partial charge on any atom is -0.476 e. The summed E-state index contributed by atoms with van der Waals surface area (Å²) in [5.41, 5.74) is -1.30. The molecule has 0 radical (unpaired) electrons. The smallest absolute Gasteiger partial charge is 0.420 e. The van der Waals surface area contributed by atoms with E-state index in [4.69, 9.17) is 9.52 Å². The van der Waals surface area contributed by atoms with Gasteiger partial charge in [-0.15, -0.1) is 0 Å². The molecule has 0 aliphatic heterocycles. The predicted molar refractivity (Wildman–Crippen MR) is 72.6 cm³/mol. The molecule has 5 nitrogen and oxygen atoms in total. The minimum absolute atomic E-state index is 0.226. The highest BCUT2D eigenvalue weighted by Gasteiger charge is 2.35. The summed E-state index contributed by atoms with van der Waals surface area (Å²) in [5.74, 6) is -1.40. The third kappa shape index (κ3) is 2.47. The van der Waals surface area contributed by atoms with Crippen molar-refractivity contribution in [2.24, 2.45) is 0 Å². The molecule has 0 aliphatic rings. The second-order valence-electron chi connectivity index (χ2n) is 4.44. The van der Waals surface area contributed by atoms with Gasteiger partial charge in [0.25, 0.3) is 0 Å². The molecule has 114 valence electrons. The highest BCUT2D eigenvalue weighted by Crippen LogP contribution is 2.36. The van der Waals surface area contributed by atoms with E-state index >= 15 is 0 Å². The van der Waals surface area contributed by atoms with Crippen LogP contribution in [0.4, 0.5) is 13.2 Å². The molecule has 0 aromatic carbocycles. The summed E-state index contributed by atoms with van der Waals surface area (Å²) in [6, 6.07) is 2.42. The number of hydrogen-bond acceptors (Lipinski definition) is 3. The van der Waals surface area contributed by atoms with Gasteiger partial charge in [-0.3, -0.25) is 0 Å². The summed E-state index contributed by atoms with van der Waals surface area (Å²) in [4.78, 5) is 14.4. The normalized spacial score (nSPS) is 12.0. The van der Waals surface area contributed by atoms with E-state index in [1.165, 1.54) is 18.5 Å². The van der Waals surface area contributed by atoms with Crippen molar-refractivity contribution in [3.05, 3.63) is 46.7 Å². The van der Waals surface area contributed by atoms with Crippen LogP contribution in [0.25, 0.3) is 16.8 Å². The molecule has 3 heterocycles. The van der Waals surface area contributed by atoms with Gasteiger partial charge in [0, 0.05) is 23.5 Å². The quantitative estimate of drug-likeness (QED) is 0.733. The number of aromatic carboxylic acids is 1. The Labute approximate surface area is 129 Å². The maximum absolute atomic E-state index is 13.2. The standard InChI is InChI=1S/C13H6BrF3N2O3/c14-10-2-7(5-22-10)6-1-8(13(15,16)17)11-18-9(12(20)21)4-19(11)3-6/h1-5H,(H,20,21). The number of rotatable bonds is 2. The molecule has 0 saturated carbocycles. The molecule has 0 aliphatic carbocycles. The first-order valence-electron chi connectivity index (χ1n) is 5.83. The van der Waals surface area contributed by atoms with Gasteiger partial charge in [0.1, 0.15) is 5.65 Å². The number of carbonyl (C=O) groups is 1. The number of imidazole rings is 1. The van der Waals surface area contributed by atoms with Crippen molar-refractivity contribution in [1.29, 1.82) is 0 Å². The molecule has 22 heavy (non-hydrogen) atoms. The molecule has 0 fully saturated rings. The zero-order valence-electron chi connectivity index (χ0n) is 10.6. The summed E-state index contributed by atoms with van der Waals surface area (Å²) in [5, 5.41) is 8.89. The molecule has 0 unspecified atom stereocenters. The number of aromatic nitrogens is 2. The van der Waals surface area contributed by atoms with Crippen LogP contribution in [0, 0.1) is 0 Å². The zero-order valence-corrected chi connectivity index (χ0v) is 12.1. The summed E-state index contributed by atoms with van der Waals surface area (Å²) >= 11 is 3.07. The van der Waals surface area contributed by atoms with E-state index in [-0.39, 0.29) is 5.56 Å². The van der Waals surface area contributed by atoms with Gasteiger partial charge in [0.15, 0.2) is 10.4 Å². The van der Waals surface area contributed by atoms with Crippen LogP contribution in [0.1, 0.15) is 16.1 Å². The Morgan fingerprint density at radius 2 is 2.00 bits per heavy atom. The number of hydrogen-bond donors (Lipinski definition) is 1. The maximum atomic E-state index is 13.2. The van der Waals surface area contributed by atoms with Gasteiger partial charge in [-0.05, 0) is 28.1 Å². The Kier molecular flexibility index (Phi) is 3.24. The van der Waals surface area contributed by atoms with Gasteiger partial charge in [-0.25, -0.2) is 9.78 Å². The first kappa shape index (κ1) is 14.6. The second-order valence-corrected chi connectivity index (χ2v) is 5.22. The monoisotopic (exact) mass is 374 g/mol. The molecule has 0 spiro atoms. The van der Waals surface area contributed by atoms with Crippen molar-refractivity contribution in [2.45, 2.75) is 6.18 Å². The summed E-state index contributed by atoms with van der Waals surface area (Å²) in [6.07, 6.45) is -0.980. The summed E-state index contributed by atoms with van der Waals surface area (Å²) in [7, 11) is 0. The van der Waals surface area contributed by atoms with Crippen LogP contribution in [0.5, 0.6) is 0 Å². The zero-order chi connectivity index (χ0) is 16.1. The van der Waals surface area contributed by atoms with Crippen LogP contribution < -0.4 is 0 Å². The van der Waals surface area contributed by atoms with E-state index in [0.29, 0.717) is 10.2 Å². The Morgan fingerprint density at radius 3 is 2.55 bits per heavy atom. The molecule has 3 aromatic rings. The fraction of sp³-hybridized carbons (Fsp3) is 0.0769. The van der Waals surface area contributed by atoms with Crippen molar-refractivity contribution >= 4 is 27.5 Å². The Hall–Kier alpha value is -2.29. The fourth-order valence-corrected chi connectivity index (χ4v) is 2.37. The van der Waals surface area contributed by atoms with Gasteiger partial charge in [-0.1, -0.05) is 0 Å². The van der Waals surface area contributed by atoms with Gasteiger partial charge >= 0.3 is 12.1 Å². The molecular weight excluding hydrogens is 369 g/mol. The molecular formula is C13H6BrF3N2O3. The number of pyridine rings is 1. The fourth-order valence-electron chi connectivity index (χ4n) is 2.03. The molecule has 3 aromatic heterocycles. The predicted octanol–water partition coefficient (Wildman–Crippen LogP) is 4.07. The lowest BCUT2D eigenvalue weighted by Gasteiger charge is -2.10. The highest BCUT2D eigenvalue weighted by molar-refractivity contribution is 9.10. The lowest BCUT2D eigenvalue weighted by Crippen LogP contribution is -2.08. The average Bonchev–Trinajstić information content (AvgIpc) is 3.01. The van der Waals surface area contributed by atoms with Gasteiger partial charge in [-0.2, -0.15) is 13.2 Å². The Bertz CT molecular complexity index is 882. The first-order chi connectivity index (χ1) is 10.3. The number of alkyl halides is 3. The van der Waals surface area contributed by atoms with Crippen molar-refractivity contribution in [3.63, 3.8) is 0 Å². The lowest BCUT2D eigenvalue weighted by atomic mass is 10.1. The van der Waals surface area contributed by atoms with E-state index in [2.05, 4.69) is 20.9 Å². The van der Waals surface area contributed by atoms with Crippen molar-refractivity contribution in [2.75, 3.05) is 0 Å². The van der Waals surface area contributed by atoms with Crippen molar-refractivity contribution in [3.8, 4) is 11.1 Å². The number of carboxylic acids is 1. The maximum Gasteiger partial charge on any atom is 0.420 e. The molecule has 1 N–H and O–H groups in total. The molecule has 0 atom stereocenters. The number of halogens is 4. The number of fused-ring (bicyclic) bond motifs is 1. The Morgan fingerprint density at radius 1 is 1.27 bits per heavy atom. The van der Waals surface area contributed by atoms with Crippen LogP contribution in [0.15, 0.2) is 39.9 Å². The number of furan rings is 1. The van der Waals surface area contributed by atoms with Crippen LogP contribution >= 0.6 is 15.9 Å². The summed E-state index contributed by atoms with van der Waals surface area (Å²) < 4.78 is 46.0. The third-order valence-electron chi connectivity index (χ3n) is 2.98. The van der Waals surface area contributed by atoms with Gasteiger partial charge in [0.05, 0.1) is 11.8 Å². The van der Waals surface area contributed by atoms with E-state index in [1.54, 1.807) is 0 Å². The van der Waals surface area contributed by atoms with Gasteiger partial charge < -0.3 is 13.9 Å². The molecule has 0 amide bonds. The topological polar surface area (TPSA) is 67.7 Å². The largest absolute Gasteiger partial charge is 0.476 e. The van der Waals surface area contributed by atoms with Crippen LogP contribution in [-0.4, -0.2) is 20.5 Å². The molecule has 0 saturated heterocycles. The highest BCUT2D eigenvalue weighted by atomic mass is 79.9. The van der Waals surface area contributed by atoms with E-state index in [1.807, 2.05) is 0 Å². The van der Waals surface area contributed by atoms with Gasteiger partial charge in [0.2, 0.25) is 0 Å². The molecule has 3 rings (SSSR count). The lowest BCUT2D eigenvalue weighted by molar-refractivity contribution is -0.136. The van der Waals surface area contributed by atoms with Crippen molar-refractivity contribution in [1.82, 2.24) is 9.38 Å². The van der Waals surface area contributed by atoms with E-state index in [9.17, 15) is 18.0 Å². The average molecular weight is 375 g/mol. The van der Waals surface area contributed by atoms with Crippen LogP contribution in [-0.2, 0) is 6.18 Å². The number of nitrogens with zero attached hydrogens (tertiary/aromatic N) is 2.